The first-order chi connectivity index (χ1) is 4.70. The number of halogens is 1. The van der Waals surface area contributed by atoms with E-state index in [-0.39, 0.29) is 5.78 Å². The first-order valence-corrected chi connectivity index (χ1v) is 2.82. The average molecular weight is 138 g/mol. The molecule has 1 heterocycles. The van der Waals surface area contributed by atoms with Crippen molar-refractivity contribution in [3.05, 3.63) is 29.8 Å². The van der Waals surface area contributed by atoms with Gasteiger partial charge in [0.2, 0.25) is 5.95 Å². The van der Waals surface area contributed by atoms with Gasteiger partial charge in [-0.25, -0.2) is 4.98 Å². The summed E-state index contributed by atoms with van der Waals surface area (Å²) in [5, 5.41) is 0. The number of rotatable bonds is 1. The molecule has 0 amide bonds. The highest BCUT2D eigenvalue weighted by atomic mass is 18.2. The normalized spacial score (nSPS) is 9.40. The van der Waals surface area contributed by atoms with Crippen molar-refractivity contribution >= 4 is 5.78 Å². The highest BCUT2D eigenvalue weighted by molar-refractivity contribution is 5.93. The van der Waals surface area contributed by atoms with Crippen LogP contribution < -0.4 is 0 Å². The van der Waals surface area contributed by atoms with E-state index in [9.17, 15) is 9.18 Å². The minimum absolute atomic E-state index is 0.104. The molecule has 3 heteroatoms. The monoisotopic (exact) mass is 138 g/mol. The largest absolute Gasteiger partial charge is 0.294 e. The van der Waals surface area contributed by atoms with Crippen molar-refractivity contribution < 1.29 is 9.18 Å². The lowest BCUT2D eigenvalue weighted by molar-refractivity contribution is 0.101. The van der Waals surface area contributed by atoms with Crippen LogP contribution in [0.2, 0.25) is 0 Å². The summed E-state index contributed by atoms with van der Waals surface area (Å²) in [6.07, 6.45) is 1.22. The van der Waals surface area contributed by atoms with E-state index < -0.39 is 5.95 Å². The number of hydrogen-bond acceptors (Lipinski definition) is 2. The Kier molecular flexibility index (Phi) is 1.76. The Morgan fingerprint density at radius 3 is 2.70 bits per heavy atom. The summed E-state index contributed by atoms with van der Waals surface area (Å²) >= 11 is 0. The molecule has 0 aliphatic carbocycles. The average Bonchev–Trinajstić information content (AvgIpc) is 1.88. The summed E-state index contributed by atoms with van der Waals surface area (Å²) in [6, 6.07) is 2.57. The van der Waals surface area contributed by atoms with Crippen LogP contribution in [-0.4, -0.2) is 10.8 Å². The molecule has 0 fully saturated rings. The summed E-state index contributed by atoms with van der Waals surface area (Å²) in [6.45, 7) is 1.41. The van der Waals surface area contributed by atoms with Crippen LogP contribution in [0.5, 0.6) is 0 Å². The SMILES string of the molecule is CC(=O)c1ccc([18F])nc1. The second kappa shape index (κ2) is 2.56. The van der Waals surface area contributed by atoms with E-state index in [0.717, 1.165) is 6.07 Å². The van der Waals surface area contributed by atoms with E-state index in [1.807, 2.05) is 0 Å². The summed E-state index contributed by atoms with van der Waals surface area (Å²) < 4.78 is 12.1. The molecule has 0 atom stereocenters. The third-order valence-corrected chi connectivity index (χ3v) is 1.13. The minimum atomic E-state index is -0.565. The van der Waals surface area contributed by atoms with E-state index in [1.165, 1.54) is 19.2 Å². The van der Waals surface area contributed by atoms with Crippen molar-refractivity contribution in [2.75, 3.05) is 0 Å². The molecule has 0 bridgehead atoms. The Morgan fingerprint density at radius 2 is 2.30 bits per heavy atom. The number of pyridine rings is 1. The van der Waals surface area contributed by atoms with Crippen LogP contribution in [0.3, 0.4) is 0 Å². The third-order valence-electron chi connectivity index (χ3n) is 1.13. The van der Waals surface area contributed by atoms with Crippen LogP contribution in [0.1, 0.15) is 17.3 Å². The van der Waals surface area contributed by atoms with Gasteiger partial charge in [0.1, 0.15) is 0 Å². The molecule has 1 aromatic heterocycles. The summed E-state index contributed by atoms with van der Waals surface area (Å²) in [5.41, 5.74) is 0.432. The molecule has 0 unspecified atom stereocenters. The molecule has 1 rings (SSSR count). The Bertz CT molecular complexity index is 242. The predicted molar refractivity (Wildman–Crippen MR) is 34.2 cm³/mol. The first-order valence-electron chi connectivity index (χ1n) is 2.82. The molecule has 10 heavy (non-hydrogen) atoms. The molecule has 2 nitrogen and oxygen atoms in total. The highest BCUT2D eigenvalue weighted by Crippen LogP contribution is 1.98. The van der Waals surface area contributed by atoms with Gasteiger partial charge in [-0.3, -0.25) is 4.79 Å². The van der Waals surface area contributed by atoms with Crippen LogP contribution in [0, 0.1) is 5.95 Å². The van der Waals surface area contributed by atoms with Crippen molar-refractivity contribution in [1.82, 2.24) is 4.98 Å². The molecule has 1 aromatic rings. The van der Waals surface area contributed by atoms with Gasteiger partial charge in [-0.15, -0.1) is 0 Å². The van der Waals surface area contributed by atoms with Gasteiger partial charge in [-0.2, -0.15) is 4.39 Å². The molecule has 0 saturated carbocycles. The van der Waals surface area contributed by atoms with E-state index in [2.05, 4.69) is 4.98 Å². The Morgan fingerprint density at radius 1 is 1.60 bits per heavy atom. The van der Waals surface area contributed by atoms with Crippen molar-refractivity contribution in [2.24, 2.45) is 0 Å². The maximum Gasteiger partial charge on any atom is 0.212 e. The summed E-state index contributed by atoms with van der Waals surface area (Å²) in [7, 11) is 0. The van der Waals surface area contributed by atoms with Gasteiger partial charge in [-0.05, 0) is 19.1 Å². The minimum Gasteiger partial charge on any atom is -0.294 e. The fourth-order valence-electron chi connectivity index (χ4n) is 0.584. The van der Waals surface area contributed by atoms with Crippen LogP contribution in [-0.2, 0) is 0 Å². The predicted octanol–water partition coefficient (Wildman–Crippen LogP) is 1.42. The number of nitrogens with zero attached hydrogens (tertiary/aromatic N) is 1. The second-order valence-corrected chi connectivity index (χ2v) is 1.93. The van der Waals surface area contributed by atoms with Gasteiger partial charge in [0.15, 0.2) is 5.78 Å². The molecule has 0 aliphatic rings. The van der Waals surface area contributed by atoms with E-state index >= 15 is 0 Å². The number of carbonyl (C=O) groups is 1. The maximum absolute atomic E-state index is 12.1. The van der Waals surface area contributed by atoms with Gasteiger partial charge < -0.3 is 0 Å². The molecule has 0 radical (unpaired) electrons. The lowest BCUT2D eigenvalue weighted by Crippen LogP contribution is -1.93. The standard InChI is InChI=1S/C7H6FNO/c1-5(10)6-2-3-7(8)9-4-6/h2-4H,1H3/i8-1. The van der Waals surface area contributed by atoms with Gasteiger partial charge in [0.25, 0.3) is 0 Å². The molecule has 0 saturated heterocycles. The van der Waals surface area contributed by atoms with Gasteiger partial charge in [0, 0.05) is 11.8 Å². The molecule has 0 N–H and O–H groups in total. The van der Waals surface area contributed by atoms with Crippen molar-refractivity contribution in [1.29, 1.82) is 0 Å². The fraction of sp³-hybridized carbons (Fsp3) is 0.143. The zero-order valence-corrected chi connectivity index (χ0v) is 5.47. The molecular weight excluding hydrogens is 132 g/mol. The van der Waals surface area contributed by atoms with Gasteiger partial charge in [0.05, 0.1) is 0 Å². The van der Waals surface area contributed by atoms with E-state index in [1.54, 1.807) is 0 Å². The smallest absolute Gasteiger partial charge is 0.212 e. The molecule has 0 aromatic carbocycles. The Balaban J connectivity index is 3.00. The number of ketones is 1. The van der Waals surface area contributed by atoms with Crippen LogP contribution in [0.15, 0.2) is 18.3 Å². The highest BCUT2D eigenvalue weighted by Gasteiger charge is 1.97. The number of carbonyl (C=O) groups excluding carboxylic acids is 1. The van der Waals surface area contributed by atoms with Crippen molar-refractivity contribution in [3.63, 3.8) is 0 Å². The van der Waals surface area contributed by atoms with Crippen LogP contribution in [0.4, 0.5) is 4.39 Å². The molecule has 0 spiro atoms. The van der Waals surface area contributed by atoms with Crippen LogP contribution >= 0.6 is 0 Å². The number of Topliss-reactive ketones (excluding diaryl/α,β-unsaturated/α-hetero) is 1. The van der Waals surface area contributed by atoms with E-state index in [4.69, 9.17) is 0 Å². The Hall–Kier alpha value is -1.25. The zero-order valence-electron chi connectivity index (χ0n) is 5.47. The number of aromatic nitrogens is 1. The van der Waals surface area contributed by atoms with Crippen LogP contribution in [0.25, 0.3) is 0 Å². The summed E-state index contributed by atoms with van der Waals surface area (Å²) in [5.74, 6) is -0.669. The second-order valence-electron chi connectivity index (χ2n) is 1.93. The van der Waals surface area contributed by atoms with Gasteiger partial charge in [-0.1, -0.05) is 0 Å². The van der Waals surface area contributed by atoms with Gasteiger partial charge >= 0.3 is 0 Å². The molecular formula is C7H6FNO. The van der Waals surface area contributed by atoms with Crippen molar-refractivity contribution in [2.45, 2.75) is 6.92 Å². The third kappa shape index (κ3) is 1.37. The lowest BCUT2D eigenvalue weighted by Gasteiger charge is -1.91. The summed E-state index contributed by atoms with van der Waals surface area (Å²) in [4.78, 5) is 13.9. The number of hydrogen-bond donors (Lipinski definition) is 0. The molecule has 0 aliphatic heterocycles. The quantitative estimate of drug-likeness (QED) is 0.434. The van der Waals surface area contributed by atoms with E-state index in [0.29, 0.717) is 5.56 Å². The first kappa shape index (κ1) is 6.86. The maximum atomic E-state index is 12.1. The molecule has 52 valence electrons. The lowest BCUT2D eigenvalue weighted by atomic mass is 10.2. The topological polar surface area (TPSA) is 30.0 Å². The fourth-order valence-corrected chi connectivity index (χ4v) is 0.584. The van der Waals surface area contributed by atoms with Crippen molar-refractivity contribution in [3.8, 4) is 0 Å². The zero-order chi connectivity index (χ0) is 7.56. The Labute approximate surface area is 57.7 Å².